The number of allylic oxidation sites excluding steroid dienone is 1. The minimum Gasteiger partial charge on any atom is -0.461 e. The Labute approximate surface area is 211 Å². The number of carbonyl (C=O) groups excluding carboxylic acids is 2. The van der Waals surface area contributed by atoms with Gasteiger partial charge in [0.1, 0.15) is 24.0 Å². The van der Waals surface area contributed by atoms with E-state index < -0.39 is 35.5 Å². The van der Waals surface area contributed by atoms with Gasteiger partial charge < -0.3 is 15.4 Å². The molecule has 14 heteroatoms. The van der Waals surface area contributed by atoms with Crippen molar-refractivity contribution in [2.45, 2.75) is 26.1 Å². The van der Waals surface area contributed by atoms with Crippen LogP contribution in [0.15, 0.2) is 60.2 Å². The first kappa shape index (κ1) is 24.9. The molecule has 4 aromatic rings. The number of halogens is 4. The van der Waals surface area contributed by atoms with Crippen molar-refractivity contribution in [1.29, 1.82) is 0 Å². The highest BCUT2D eigenvalue weighted by Gasteiger charge is 2.38. The lowest BCUT2D eigenvalue weighted by molar-refractivity contribution is -0.140. The number of pyridine rings is 1. The summed E-state index contributed by atoms with van der Waals surface area (Å²) in [7, 11) is 0. The summed E-state index contributed by atoms with van der Waals surface area (Å²) in [5, 5.41) is 17.6. The van der Waals surface area contributed by atoms with Crippen LogP contribution in [0.1, 0.15) is 41.5 Å². The van der Waals surface area contributed by atoms with Gasteiger partial charge in [-0.05, 0) is 37.6 Å². The second kappa shape index (κ2) is 9.28. The number of hydrogen-bond acceptors (Lipinski definition) is 7. The predicted octanol–water partition coefficient (Wildman–Crippen LogP) is 4.19. The van der Waals surface area contributed by atoms with Crippen molar-refractivity contribution in [3.05, 3.63) is 82.8 Å². The Morgan fingerprint density at radius 2 is 1.97 bits per heavy atom. The van der Waals surface area contributed by atoms with E-state index in [-0.39, 0.29) is 29.3 Å². The lowest BCUT2D eigenvalue weighted by atomic mass is 9.93. The van der Waals surface area contributed by atoms with Crippen LogP contribution in [0.25, 0.3) is 5.65 Å². The smallest absolute Gasteiger partial charge is 0.419 e. The summed E-state index contributed by atoms with van der Waals surface area (Å²) >= 11 is 0. The molecular formula is C24H19F4N7O3. The van der Waals surface area contributed by atoms with Crippen molar-refractivity contribution >= 4 is 29.0 Å². The molecule has 0 bridgehead atoms. The number of carbonyl (C=O) groups is 2. The van der Waals surface area contributed by atoms with E-state index in [1.54, 1.807) is 36.6 Å². The van der Waals surface area contributed by atoms with Gasteiger partial charge in [0.2, 0.25) is 0 Å². The number of ether oxygens (including phenoxy) is 1. The number of rotatable bonds is 5. The molecule has 0 radical (unpaired) electrons. The number of esters is 1. The SMILES string of the molecule is CCOC(=O)c1cc2n(n1)C(c1ccc(C(F)(F)F)c(F)c1)C(C(=O)Nc1ccn3cnnc3c1)=C(C)N2. The summed E-state index contributed by atoms with van der Waals surface area (Å²) in [6.45, 7) is 3.28. The van der Waals surface area contributed by atoms with Crippen molar-refractivity contribution < 1.29 is 31.9 Å². The second-order valence-corrected chi connectivity index (χ2v) is 8.35. The van der Waals surface area contributed by atoms with Gasteiger partial charge in [0.15, 0.2) is 11.3 Å². The maximum atomic E-state index is 14.6. The molecule has 0 fully saturated rings. The van der Waals surface area contributed by atoms with Crippen LogP contribution >= 0.6 is 0 Å². The number of alkyl halides is 3. The average Bonchev–Trinajstić information content (AvgIpc) is 3.49. The Morgan fingerprint density at radius 3 is 2.68 bits per heavy atom. The number of amides is 1. The highest BCUT2D eigenvalue weighted by Crippen LogP contribution is 2.39. The fourth-order valence-corrected chi connectivity index (χ4v) is 4.20. The topological polar surface area (TPSA) is 115 Å². The highest BCUT2D eigenvalue weighted by molar-refractivity contribution is 6.06. The molecule has 1 aromatic carbocycles. The number of fused-ring (bicyclic) bond motifs is 2. The first-order chi connectivity index (χ1) is 18.1. The van der Waals surface area contributed by atoms with Gasteiger partial charge in [-0.3, -0.25) is 9.20 Å². The average molecular weight is 529 g/mol. The number of benzene rings is 1. The Morgan fingerprint density at radius 1 is 1.18 bits per heavy atom. The summed E-state index contributed by atoms with van der Waals surface area (Å²) in [6, 6.07) is 5.75. The van der Waals surface area contributed by atoms with Crippen molar-refractivity contribution in [3.8, 4) is 0 Å². The van der Waals surface area contributed by atoms with Crippen LogP contribution in [0.5, 0.6) is 0 Å². The van der Waals surface area contributed by atoms with E-state index in [1.165, 1.54) is 17.1 Å². The van der Waals surface area contributed by atoms with Crippen molar-refractivity contribution in [1.82, 2.24) is 24.4 Å². The summed E-state index contributed by atoms with van der Waals surface area (Å²) in [4.78, 5) is 25.9. The number of anilines is 2. The quantitative estimate of drug-likeness (QED) is 0.294. The van der Waals surface area contributed by atoms with Gasteiger partial charge in [-0.2, -0.15) is 18.3 Å². The van der Waals surface area contributed by atoms with E-state index in [9.17, 15) is 27.2 Å². The maximum absolute atomic E-state index is 14.6. The van der Waals surface area contributed by atoms with Gasteiger partial charge in [0, 0.05) is 29.7 Å². The normalized spacial score (nSPS) is 15.3. The number of aromatic nitrogens is 5. The van der Waals surface area contributed by atoms with Gasteiger partial charge in [0.05, 0.1) is 17.7 Å². The Kier molecular flexibility index (Phi) is 6.09. The van der Waals surface area contributed by atoms with E-state index in [4.69, 9.17) is 4.74 Å². The summed E-state index contributed by atoms with van der Waals surface area (Å²) in [5.74, 6) is -2.62. The molecule has 0 aliphatic carbocycles. The molecule has 1 aliphatic heterocycles. The maximum Gasteiger partial charge on any atom is 0.419 e. The van der Waals surface area contributed by atoms with Crippen LogP contribution in [-0.2, 0) is 15.7 Å². The van der Waals surface area contributed by atoms with E-state index in [1.807, 2.05) is 0 Å². The minimum atomic E-state index is -4.91. The summed E-state index contributed by atoms with van der Waals surface area (Å²) in [6.07, 6.45) is -1.80. The molecule has 196 valence electrons. The van der Waals surface area contributed by atoms with E-state index >= 15 is 0 Å². The summed E-state index contributed by atoms with van der Waals surface area (Å²) < 4.78 is 62.1. The lowest BCUT2D eigenvalue weighted by Gasteiger charge is -2.30. The number of nitrogens with zero attached hydrogens (tertiary/aromatic N) is 5. The van der Waals surface area contributed by atoms with Gasteiger partial charge in [-0.15, -0.1) is 10.2 Å². The van der Waals surface area contributed by atoms with Crippen LogP contribution in [0.4, 0.5) is 29.1 Å². The van der Waals surface area contributed by atoms with E-state index in [0.29, 0.717) is 29.2 Å². The van der Waals surface area contributed by atoms with Gasteiger partial charge in [-0.25, -0.2) is 13.9 Å². The number of nitrogens with one attached hydrogen (secondary N) is 2. The zero-order chi connectivity index (χ0) is 27.2. The fraction of sp³-hybridized carbons (Fsp3) is 0.208. The lowest BCUT2D eigenvalue weighted by Crippen LogP contribution is -2.31. The first-order valence-electron chi connectivity index (χ1n) is 11.3. The molecule has 3 aromatic heterocycles. The van der Waals surface area contributed by atoms with Crippen molar-refractivity contribution in [2.75, 3.05) is 17.2 Å². The molecule has 0 spiro atoms. The number of hydrogen-bond donors (Lipinski definition) is 2. The van der Waals surface area contributed by atoms with Crippen LogP contribution in [0.2, 0.25) is 0 Å². The van der Waals surface area contributed by atoms with Crippen LogP contribution < -0.4 is 10.6 Å². The molecule has 1 aliphatic rings. The molecule has 1 amide bonds. The molecule has 2 N–H and O–H groups in total. The third-order valence-corrected chi connectivity index (χ3v) is 5.87. The first-order valence-corrected chi connectivity index (χ1v) is 11.3. The molecule has 0 saturated carbocycles. The third-order valence-electron chi connectivity index (χ3n) is 5.87. The predicted molar refractivity (Wildman–Crippen MR) is 126 cm³/mol. The molecule has 38 heavy (non-hydrogen) atoms. The van der Waals surface area contributed by atoms with Crippen molar-refractivity contribution in [2.24, 2.45) is 0 Å². The second-order valence-electron chi connectivity index (χ2n) is 8.35. The summed E-state index contributed by atoms with van der Waals surface area (Å²) in [5.41, 5.74) is -0.351. The molecule has 1 unspecified atom stereocenters. The van der Waals surface area contributed by atoms with Crippen molar-refractivity contribution in [3.63, 3.8) is 0 Å². The van der Waals surface area contributed by atoms with Gasteiger partial charge in [0.25, 0.3) is 5.91 Å². The fourth-order valence-electron chi connectivity index (χ4n) is 4.20. The van der Waals surface area contributed by atoms with E-state index in [2.05, 4.69) is 25.9 Å². The zero-order valence-corrected chi connectivity index (χ0v) is 19.9. The Hall–Kier alpha value is -4.75. The van der Waals surface area contributed by atoms with Crippen LogP contribution in [0, 0.1) is 5.82 Å². The Bertz CT molecular complexity index is 1610. The Balaban J connectivity index is 1.59. The standard InChI is InChI=1S/C24H19F4N7O3/c1-3-38-23(37)17-10-18-30-12(2)20(22(36)31-14-6-7-34-11-29-32-19(34)9-14)21(35(18)33-17)13-4-5-15(16(25)8-13)24(26,27)28/h4-11,21,30H,3H2,1-2H3,(H,31,36). The minimum absolute atomic E-state index is 0.00849. The molecule has 0 saturated heterocycles. The molecular weight excluding hydrogens is 510 g/mol. The molecule has 4 heterocycles. The monoisotopic (exact) mass is 529 g/mol. The van der Waals surface area contributed by atoms with Gasteiger partial charge >= 0.3 is 12.1 Å². The van der Waals surface area contributed by atoms with E-state index in [0.717, 1.165) is 6.07 Å². The van der Waals surface area contributed by atoms with Gasteiger partial charge in [-0.1, -0.05) is 6.07 Å². The third kappa shape index (κ3) is 4.44. The zero-order valence-electron chi connectivity index (χ0n) is 19.9. The molecule has 10 nitrogen and oxygen atoms in total. The largest absolute Gasteiger partial charge is 0.461 e. The van der Waals surface area contributed by atoms with Crippen LogP contribution in [0.3, 0.4) is 0 Å². The molecule has 1 atom stereocenters. The highest BCUT2D eigenvalue weighted by atomic mass is 19.4. The van der Waals surface area contributed by atoms with Crippen LogP contribution in [-0.4, -0.2) is 42.9 Å². The molecule has 5 rings (SSSR count).